The van der Waals surface area contributed by atoms with Crippen molar-refractivity contribution < 1.29 is 14.7 Å². The number of nitrogens with zero attached hydrogens (tertiary/aromatic N) is 1. The number of rotatable bonds is 8. The van der Waals surface area contributed by atoms with Crippen LogP contribution < -0.4 is 5.32 Å². The Kier molecular flexibility index (Phi) is 7.54. The Balaban J connectivity index is 4.04. The van der Waals surface area contributed by atoms with Crippen molar-refractivity contribution >= 4 is 11.9 Å². The molecule has 16 heavy (non-hydrogen) atoms. The molecule has 0 aromatic carbocycles. The molecule has 0 unspecified atom stereocenters. The zero-order valence-electron chi connectivity index (χ0n) is 10.3. The minimum absolute atomic E-state index is 0.0749. The van der Waals surface area contributed by atoms with E-state index in [0.717, 1.165) is 13.0 Å². The topological polar surface area (TPSA) is 69.6 Å². The maximum atomic E-state index is 11.2. The summed E-state index contributed by atoms with van der Waals surface area (Å²) in [5.41, 5.74) is 0. The van der Waals surface area contributed by atoms with Gasteiger partial charge in [-0.1, -0.05) is 13.8 Å². The van der Waals surface area contributed by atoms with Crippen LogP contribution >= 0.6 is 0 Å². The molecule has 1 amide bonds. The minimum Gasteiger partial charge on any atom is -0.481 e. The van der Waals surface area contributed by atoms with Crippen LogP contribution in [0.15, 0.2) is 0 Å². The Hall–Kier alpha value is -1.10. The van der Waals surface area contributed by atoms with E-state index in [0.29, 0.717) is 12.5 Å². The van der Waals surface area contributed by atoms with Crippen molar-refractivity contribution in [3.63, 3.8) is 0 Å². The third-order valence-corrected chi connectivity index (χ3v) is 2.31. The number of carbonyl (C=O) groups excluding carboxylic acids is 1. The van der Waals surface area contributed by atoms with Gasteiger partial charge in [0, 0.05) is 13.6 Å². The van der Waals surface area contributed by atoms with Crippen molar-refractivity contribution in [3.8, 4) is 0 Å². The Morgan fingerprint density at radius 3 is 2.38 bits per heavy atom. The van der Waals surface area contributed by atoms with E-state index in [2.05, 4.69) is 19.2 Å². The average molecular weight is 230 g/mol. The fourth-order valence-electron chi connectivity index (χ4n) is 1.25. The molecule has 0 heterocycles. The number of carbonyl (C=O) groups is 2. The first-order valence-electron chi connectivity index (χ1n) is 5.60. The number of hydrogen-bond donors (Lipinski definition) is 2. The van der Waals surface area contributed by atoms with Gasteiger partial charge in [-0.15, -0.1) is 0 Å². The average Bonchev–Trinajstić information content (AvgIpc) is 2.21. The van der Waals surface area contributed by atoms with Crippen LogP contribution in [-0.4, -0.2) is 48.6 Å². The van der Waals surface area contributed by atoms with Gasteiger partial charge in [-0.3, -0.25) is 14.5 Å². The molecular formula is C11H22N2O3. The molecule has 0 aromatic rings. The minimum atomic E-state index is -0.827. The fourth-order valence-corrected chi connectivity index (χ4v) is 1.25. The number of aliphatic carboxylic acids is 1. The summed E-state index contributed by atoms with van der Waals surface area (Å²) < 4.78 is 0. The zero-order valence-corrected chi connectivity index (χ0v) is 10.3. The monoisotopic (exact) mass is 230 g/mol. The lowest BCUT2D eigenvalue weighted by Crippen LogP contribution is -2.37. The Morgan fingerprint density at radius 1 is 1.31 bits per heavy atom. The molecule has 94 valence electrons. The van der Waals surface area contributed by atoms with Gasteiger partial charge in [0.15, 0.2) is 0 Å². The standard InChI is InChI=1S/C11H22N2O3/c1-9(2)4-6-13(7-5-11(15)16)8-10(14)12-3/h9H,4-8H2,1-3H3,(H,12,14)(H,15,16). The largest absolute Gasteiger partial charge is 0.481 e. The third-order valence-electron chi connectivity index (χ3n) is 2.31. The third kappa shape index (κ3) is 8.23. The van der Waals surface area contributed by atoms with Crippen molar-refractivity contribution in [2.75, 3.05) is 26.7 Å². The molecule has 0 bridgehead atoms. The highest BCUT2D eigenvalue weighted by Gasteiger charge is 2.11. The van der Waals surface area contributed by atoms with Gasteiger partial charge < -0.3 is 10.4 Å². The molecule has 0 atom stereocenters. The van der Waals surface area contributed by atoms with Crippen LogP contribution in [0.4, 0.5) is 0 Å². The molecule has 0 aromatic heterocycles. The molecule has 0 fully saturated rings. The molecule has 0 aliphatic rings. The maximum Gasteiger partial charge on any atom is 0.304 e. The van der Waals surface area contributed by atoms with Crippen molar-refractivity contribution in [1.29, 1.82) is 0 Å². The van der Waals surface area contributed by atoms with E-state index in [9.17, 15) is 9.59 Å². The van der Waals surface area contributed by atoms with E-state index in [4.69, 9.17) is 5.11 Å². The molecule has 0 saturated carbocycles. The predicted molar refractivity (Wildman–Crippen MR) is 62.2 cm³/mol. The van der Waals surface area contributed by atoms with E-state index in [-0.39, 0.29) is 18.9 Å². The molecular weight excluding hydrogens is 208 g/mol. The SMILES string of the molecule is CNC(=O)CN(CCC(=O)O)CCC(C)C. The van der Waals surface area contributed by atoms with Crippen LogP contribution in [0.5, 0.6) is 0 Å². The van der Waals surface area contributed by atoms with Gasteiger partial charge >= 0.3 is 5.97 Å². The fraction of sp³-hybridized carbons (Fsp3) is 0.818. The summed E-state index contributed by atoms with van der Waals surface area (Å²) in [6.07, 6.45) is 1.05. The van der Waals surface area contributed by atoms with Gasteiger partial charge in [-0.2, -0.15) is 0 Å². The van der Waals surface area contributed by atoms with E-state index in [1.165, 1.54) is 0 Å². The number of likely N-dealkylation sites (N-methyl/N-ethyl adjacent to an activating group) is 1. The Morgan fingerprint density at radius 2 is 1.94 bits per heavy atom. The van der Waals surface area contributed by atoms with Crippen LogP contribution in [0.2, 0.25) is 0 Å². The molecule has 0 aliphatic heterocycles. The second-order valence-corrected chi connectivity index (χ2v) is 4.28. The van der Waals surface area contributed by atoms with Gasteiger partial charge in [0.2, 0.25) is 5.91 Å². The lowest BCUT2D eigenvalue weighted by molar-refractivity contribution is -0.137. The normalized spacial score (nSPS) is 10.8. The van der Waals surface area contributed by atoms with Crippen LogP contribution in [0, 0.1) is 5.92 Å². The number of hydrogen-bond acceptors (Lipinski definition) is 3. The summed E-state index contributed by atoms with van der Waals surface area (Å²) in [7, 11) is 1.58. The van der Waals surface area contributed by atoms with Gasteiger partial charge in [0.05, 0.1) is 13.0 Å². The van der Waals surface area contributed by atoms with Crippen molar-refractivity contribution in [2.45, 2.75) is 26.7 Å². The highest BCUT2D eigenvalue weighted by Crippen LogP contribution is 2.02. The summed E-state index contributed by atoms with van der Waals surface area (Å²) in [4.78, 5) is 23.6. The van der Waals surface area contributed by atoms with Gasteiger partial charge in [0.1, 0.15) is 0 Å². The zero-order chi connectivity index (χ0) is 12.6. The second kappa shape index (κ2) is 8.10. The van der Waals surface area contributed by atoms with Crippen molar-refractivity contribution in [1.82, 2.24) is 10.2 Å². The number of nitrogens with one attached hydrogen (secondary N) is 1. The van der Waals surface area contributed by atoms with E-state index in [1.54, 1.807) is 7.05 Å². The van der Waals surface area contributed by atoms with Crippen molar-refractivity contribution in [3.05, 3.63) is 0 Å². The first-order chi connectivity index (χ1) is 7.45. The summed E-state index contributed by atoms with van der Waals surface area (Å²) >= 11 is 0. The molecule has 5 heteroatoms. The van der Waals surface area contributed by atoms with E-state index in [1.807, 2.05) is 4.90 Å². The smallest absolute Gasteiger partial charge is 0.304 e. The van der Waals surface area contributed by atoms with Gasteiger partial charge in [-0.25, -0.2) is 0 Å². The summed E-state index contributed by atoms with van der Waals surface area (Å²) in [5.74, 6) is -0.349. The lowest BCUT2D eigenvalue weighted by atomic mass is 10.1. The lowest BCUT2D eigenvalue weighted by Gasteiger charge is -2.21. The predicted octanol–water partition coefficient (Wildman–Crippen LogP) is 0.555. The van der Waals surface area contributed by atoms with Crippen molar-refractivity contribution in [2.24, 2.45) is 5.92 Å². The molecule has 0 aliphatic carbocycles. The quantitative estimate of drug-likeness (QED) is 0.639. The van der Waals surface area contributed by atoms with E-state index < -0.39 is 5.97 Å². The highest BCUT2D eigenvalue weighted by molar-refractivity contribution is 5.77. The number of carboxylic acids is 1. The summed E-state index contributed by atoms with van der Waals surface area (Å²) in [5, 5.41) is 11.1. The first-order valence-corrected chi connectivity index (χ1v) is 5.60. The molecule has 0 saturated heterocycles. The number of carboxylic acid groups (broad SMARTS) is 1. The Labute approximate surface area is 96.8 Å². The maximum absolute atomic E-state index is 11.2. The van der Waals surface area contributed by atoms with Crippen LogP contribution in [-0.2, 0) is 9.59 Å². The molecule has 0 rings (SSSR count). The molecule has 5 nitrogen and oxygen atoms in total. The molecule has 0 radical (unpaired) electrons. The van der Waals surface area contributed by atoms with Crippen LogP contribution in [0.25, 0.3) is 0 Å². The first kappa shape index (κ1) is 14.9. The number of amides is 1. The summed E-state index contributed by atoms with van der Waals surface area (Å²) in [6.45, 7) is 5.68. The Bertz CT molecular complexity index is 229. The van der Waals surface area contributed by atoms with E-state index >= 15 is 0 Å². The molecule has 0 spiro atoms. The van der Waals surface area contributed by atoms with Crippen LogP contribution in [0.1, 0.15) is 26.7 Å². The van der Waals surface area contributed by atoms with Crippen LogP contribution in [0.3, 0.4) is 0 Å². The van der Waals surface area contributed by atoms with Gasteiger partial charge in [0.25, 0.3) is 0 Å². The summed E-state index contributed by atoms with van der Waals surface area (Å²) in [6, 6.07) is 0. The highest BCUT2D eigenvalue weighted by atomic mass is 16.4. The molecule has 2 N–H and O–H groups in total. The van der Waals surface area contributed by atoms with Gasteiger partial charge in [-0.05, 0) is 18.9 Å². The second-order valence-electron chi connectivity index (χ2n) is 4.28.